The number of hydrogen-bond donors (Lipinski definition) is 1. The third-order valence-corrected chi connectivity index (χ3v) is 3.97. The van der Waals surface area contributed by atoms with Gasteiger partial charge in [0.25, 0.3) is 0 Å². The Bertz CT molecular complexity index is 492. The highest BCUT2D eigenvalue weighted by Crippen LogP contribution is 2.29. The van der Waals surface area contributed by atoms with Crippen LogP contribution >= 0.6 is 0 Å². The molecule has 5 nitrogen and oxygen atoms in total. The van der Waals surface area contributed by atoms with Crippen LogP contribution in [0.1, 0.15) is 25.2 Å². The molecule has 2 rings (SSSR count). The Morgan fingerprint density at radius 2 is 2.35 bits per heavy atom. The van der Waals surface area contributed by atoms with Gasteiger partial charge in [-0.05, 0) is 32.9 Å². The van der Waals surface area contributed by atoms with E-state index in [9.17, 15) is 4.79 Å². The lowest BCUT2D eigenvalue weighted by Crippen LogP contribution is -2.51. The molecule has 1 aromatic rings. The van der Waals surface area contributed by atoms with Gasteiger partial charge in [-0.3, -0.25) is 9.78 Å². The Kier molecular flexibility index (Phi) is 4.40. The molecule has 2 N–H and O–H groups in total. The topological polar surface area (TPSA) is 68.5 Å². The van der Waals surface area contributed by atoms with Gasteiger partial charge in [-0.25, -0.2) is 0 Å². The van der Waals surface area contributed by atoms with Crippen LogP contribution in [0.3, 0.4) is 0 Å². The van der Waals surface area contributed by atoms with Gasteiger partial charge in [0.2, 0.25) is 5.91 Å². The summed E-state index contributed by atoms with van der Waals surface area (Å²) in [7, 11) is 0. The lowest BCUT2D eigenvalue weighted by molar-refractivity contribution is -0.142. The second-order valence-corrected chi connectivity index (χ2v) is 5.63. The first-order chi connectivity index (χ1) is 9.47. The van der Waals surface area contributed by atoms with E-state index in [0.717, 1.165) is 11.4 Å². The number of rotatable bonds is 4. The van der Waals surface area contributed by atoms with Gasteiger partial charge in [0.05, 0.1) is 30.9 Å². The molecule has 0 radical (unpaired) electrons. The third kappa shape index (κ3) is 2.83. The Balaban J connectivity index is 2.14. The zero-order valence-corrected chi connectivity index (χ0v) is 12.4. The van der Waals surface area contributed by atoms with E-state index in [-0.39, 0.29) is 11.9 Å². The summed E-state index contributed by atoms with van der Waals surface area (Å²) in [6, 6.07) is 5.61. The molecule has 5 heteroatoms. The summed E-state index contributed by atoms with van der Waals surface area (Å²) in [6.45, 7) is 7.80. The number of nitrogens with zero attached hydrogens (tertiary/aromatic N) is 2. The van der Waals surface area contributed by atoms with Crippen LogP contribution in [-0.2, 0) is 16.1 Å². The standard InChI is InChI=1S/C15H23N3O2/c1-4-18(8-12-7-5-6-11(2)17-12)14(19)15(3)10-20-9-13(15)16/h5-7,13H,4,8-10,16H2,1-3H3. The van der Waals surface area contributed by atoms with E-state index < -0.39 is 5.41 Å². The van der Waals surface area contributed by atoms with Crippen molar-refractivity contribution in [2.45, 2.75) is 33.4 Å². The Labute approximate surface area is 120 Å². The monoisotopic (exact) mass is 277 g/mol. The Morgan fingerprint density at radius 3 is 2.90 bits per heavy atom. The molecule has 0 aromatic carbocycles. The highest BCUT2D eigenvalue weighted by molar-refractivity contribution is 5.83. The summed E-state index contributed by atoms with van der Waals surface area (Å²) in [6.07, 6.45) is 0. The van der Waals surface area contributed by atoms with E-state index in [4.69, 9.17) is 10.5 Å². The van der Waals surface area contributed by atoms with Crippen molar-refractivity contribution in [3.8, 4) is 0 Å². The number of ether oxygens (including phenoxy) is 1. The maximum Gasteiger partial charge on any atom is 0.232 e. The van der Waals surface area contributed by atoms with Gasteiger partial charge in [-0.2, -0.15) is 0 Å². The van der Waals surface area contributed by atoms with Gasteiger partial charge >= 0.3 is 0 Å². The van der Waals surface area contributed by atoms with Crippen LogP contribution in [0.5, 0.6) is 0 Å². The Morgan fingerprint density at radius 1 is 1.60 bits per heavy atom. The highest BCUT2D eigenvalue weighted by atomic mass is 16.5. The molecule has 1 amide bonds. The highest BCUT2D eigenvalue weighted by Gasteiger charge is 2.46. The molecule has 2 unspecified atom stereocenters. The summed E-state index contributed by atoms with van der Waals surface area (Å²) in [5, 5.41) is 0. The molecule has 0 aliphatic carbocycles. The van der Waals surface area contributed by atoms with Crippen LogP contribution in [0.4, 0.5) is 0 Å². The maximum atomic E-state index is 12.7. The van der Waals surface area contributed by atoms with Crippen molar-refractivity contribution in [3.05, 3.63) is 29.6 Å². The van der Waals surface area contributed by atoms with E-state index >= 15 is 0 Å². The number of hydrogen-bond acceptors (Lipinski definition) is 4. The fourth-order valence-corrected chi connectivity index (χ4v) is 2.48. The first-order valence-electron chi connectivity index (χ1n) is 7.02. The lowest BCUT2D eigenvalue weighted by atomic mass is 9.84. The molecule has 1 saturated heterocycles. The first kappa shape index (κ1) is 14.9. The fraction of sp³-hybridized carbons (Fsp3) is 0.600. The van der Waals surface area contributed by atoms with Crippen molar-refractivity contribution in [3.63, 3.8) is 0 Å². The SMILES string of the molecule is CCN(Cc1cccc(C)n1)C(=O)C1(C)COCC1N. The largest absolute Gasteiger partial charge is 0.379 e. The number of amides is 1. The van der Waals surface area contributed by atoms with Gasteiger partial charge in [0.15, 0.2) is 0 Å². The van der Waals surface area contributed by atoms with E-state index in [1.54, 1.807) is 4.90 Å². The minimum absolute atomic E-state index is 0.0494. The fourth-order valence-electron chi connectivity index (χ4n) is 2.48. The van der Waals surface area contributed by atoms with Gasteiger partial charge in [0, 0.05) is 18.3 Å². The van der Waals surface area contributed by atoms with Gasteiger partial charge in [0.1, 0.15) is 0 Å². The summed E-state index contributed by atoms with van der Waals surface area (Å²) < 4.78 is 5.37. The number of pyridine rings is 1. The molecule has 20 heavy (non-hydrogen) atoms. The number of aryl methyl sites for hydroxylation is 1. The van der Waals surface area contributed by atoms with Crippen LogP contribution in [-0.4, -0.2) is 41.6 Å². The first-order valence-corrected chi connectivity index (χ1v) is 7.02. The quantitative estimate of drug-likeness (QED) is 0.895. The Hall–Kier alpha value is -1.46. The van der Waals surface area contributed by atoms with E-state index in [2.05, 4.69) is 4.98 Å². The summed E-state index contributed by atoms with van der Waals surface area (Å²) in [5.74, 6) is 0.0494. The van der Waals surface area contributed by atoms with Crippen molar-refractivity contribution in [1.29, 1.82) is 0 Å². The number of carbonyl (C=O) groups excluding carboxylic acids is 1. The van der Waals surface area contributed by atoms with E-state index in [1.807, 2.05) is 39.0 Å². The molecule has 0 saturated carbocycles. The molecular formula is C15H23N3O2. The van der Waals surface area contributed by atoms with Crippen molar-refractivity contribution in [1.82, 2.24) is 9.88 Å². The molecule has 110 valence electrons. The molecule has 1 aromatic heterocycles. The predicted molar refractivity (Wildman–Crippen MR) is 77.0 cm³/mol. The van der Waals surface area contributed by atoms with E-state index in [1.165, 1.54) is 0 Å². The molecule has 1 fully saturated rings. The second-order valence-electron chi connectivity index (χ2n) is 5.63. The van der Waals surface area contributed by atoms with Crippen molar-refractivity contribution >= 4 is 5.91 Å². The van der Waals surface area contributed by atoms with E-state index in [0.29, 0.717) is 26.3 Å². The maximum absolute atomic E-state index is 12.7. The molecule has 0 spiro atoms. The molecule has 2 atom stereocenters. The molecule has 1 aliphatic heterocycles. The van der Waals surface area contributed by atoms with Crippen LogP contribution in [0.2, 0.25) is 0 Å². The normalized spacial score (nSPS) is 25.7. The minimum Gasteiger partial charge on any atom is -0.379 e. The number of aromatic nitrogens is 1. The number of carbonyl (C=O) groups is 1. The average molecular weight is 277 g/mol. The lowest BCUT2D eigenvalue weighted by Gasteiger charge is -2.32. The third-order valence-electron chi connectivity index (χ3n) is 3.97. The summed E-state index contributed by atoms with van der Waals surface area (Å²) in [5.41, 5.74) is 7.27. The minimum atomic E-state index is -0.625. The molecule has 1 aliphatic rings. The summed E-state index contributed by atoms with van der Waals surface area (Å²) in [4.78, 5) is 19.0. The average Bonchev–Trinajstić information content (AvgIpc) is 2.76. The smallest absolute Gasteiger partial charge is 0.232 e. The van der Waals surface area contributed by atoms with Crippen LogP contribution in [0.15, 0.2) is 18.2 Å². The van der Waals surface area contributed by atoms with Crippen LogP contribution < -0.4 is 5.73 Å². The van der Waals surface area contributed by atoms with Crippen molar-refractivity contribution in [2.75, 3.05) is 19.8 Å². The van der Waals surface area contributed by atoms with Crippen LogP contribution in [0.25, 0.3) is 0 Å². The molecule has 2 heterocycles. The molecule has 0 bridgehead atoms. The number of nitrogens with two attached hydrogens (primary N) is 1. The molecular weight excluding hydrogens is 254 g/mol. The van der Waals surface area contributed by atoms with Crippen molar-refractivity contribution < 1.29 is 9.53 Å². The second kappa shape index (κ2) is 5.89. The zero-order valence-electron chi connectivity index (χ0n) is 12.4. The van der Waals surface area contributed by atoms with Gasteiger partial charge in [-0.1, -0.05) is 6.07 Å². The summed E-state index contributed by atoms with van der Waals surface area (Å²) >= 11 is 0. The predicted octanol–water partition coefficient (Wildman–Crippen LogP) is 1.10. The van der Waals surface area contributed by atoms with Gasteiger partial charge < -0.3 is 15.4 Å². The van der Waals surface area contributed by atoms with Crippen LogP contribution in [0, 0.1) is 12.3 Å². The van der Waals surface area contributed by atoms with Gasteiger partial charge in [-0.15, -0.1) is 0 Å². The zero-order chi connectivity index (χ0) is 14.8. The van der Waals surface area contributed by atoms with Crippen molar-refractivity contribution in [2.24, 2.45) is 11.1 Å².